The average Bonchev–Trinajstić information content (AvgIpc) is 2.79. The Morgan fingerprint density at radius 1 is 0.524 bits per heavy atom. The Labute approximate surface area is 213 Å². The van der Waals surface area contributed by atoms with Crippen LogP contribution in [0, 0.1) is 17.5 Å². The van der Waals surface area contributed by atoms with E-state index in [2.05, 4.69) is 4.74 Å². The summed E-state index contributed by atoms with van der Waals surface area (Å²) in [4.78, 5) is 21.6. The summed E-state index contributed by atoms with van der Waals surface area (Å²) in [6.45, 7) is 0. The van der Waals surface area contributed by atoms with Crippen LogP contribution in [0.5, 0.6) is 5.75 Å². The molecule has 0 radical (unpaired) electrons. The minimum atomic E-state index is -8.93. The topological polar surface area (TPSA) is 83.8 Å². The van der Waals surface area contributed by atoms with E-state index in [-0.39, 0.29) is 0 Å². The highest BCUT2D eigenvalue weighted by Crippen LogP contribution is 2.63. The van der Waals surface area contributed by atoms with Gasteiger partial charge in [-0.1, -0.05) is 0 Å². The van der Waals surface area contributed by atoms with E-state index in [1.54, 1.807) is 0 Å². The standard InChI is InChI=1S/C17H2F20O5/c18-3-1(9(38)39)4(19)6(5(20)2(3)10(40)41)42-8(22)7(21)11(23,24)12(25,26)13(27,28)14(29,30)15(31,32)16(33,34)17(35,36)37/h(H,38,39)(H,40,41). The minimum Gasteiger partial charge on any atom is -0.477 e. The molecule has 0 aliphatic heterocycles. The molecule has 0 heterocycles. The molecule has 0 aromatic heterocycles. The summed E-state index contributed by atoms with van der Waals surface area (Å²) in [6.07, 6.45) is -7.97. The first kappa shape index (κ1) is 36.3. The molecule has 0 spiro atoms. The summed E-state index contributed by atoms with van der Waals surface area (Å²) >= 11 is 0. The molecule has 0 aliphatic rings. The number of hydrogen-bond donors (Lipinski definition) is 2. The lowest BCUT2D eigenvalue weighted by Gasteiger charge is -2.41. The zero-order valence-corrected chi connectivity index (χ0v) is 18.2. The molecule has 0 fully saturated rings. The number of rotatable bonds is 10. The van der Waals surface area contributed by atoms with Gasteiger partial charge < -0.3 is 14.9 Å². The van der Waals surface area contributed by atoms with Crippen molar-refractivity contribution in [1.29, 1.82) is 0 Å². The van der Waals surface area contributed by atoms with Gasteiger partial charge in [0.05, 0.1) is 0 Å². The van der Waals surface area contributed by atoms with Gasteiger partial charge in [0, 0.05) is 0 Å². The molecule has 0 bridgehead atoms. The van der Waals surface area contributed by atoms with E-state index >= 15 is 0 Å². The van der Waals surface area contributed by atoms with Gasteiger partial charge in [-0.2, -0.15) is 74.6 Å². The van der Waals surface area contributed by atoms with Crippen LogP contribution in [0.3, 0.4) is 0 Å². The zero-order valence-electron chi connectivity index (χ0n) is 18.2. The summed E-state index contributed by atoms with van der Waals surface area (Å²) in [5.74, 6) is -75.3. The second-order valence-electron chi connectivity index (χ2n) is 7.27. The van der Waals surface area contributed by atoms with Gasteiger partial charge >= 0.3 is 59.7 Å². The van der Waals surface area contributed by atoms with Gasteiger partial charge in [-0.15, -0.1) is 0 Å². The molecule has 25 heteroatoms. The number of allylic oxidation sites excluding steroid dienone is 1. The SMILES string of the molecule is O=C(O)c1c(F)c(OC(F)=C(F)C(F)(F)C(F)(F)C(F)(F)C(F)(F)C(F)(F)C(F)(F)C(F)(F)F)c(F)c(C(=O)O)c1F. The molecular weight excluding hydrogens is 664 g/mol. The number of alkyl halides is 15. The summed E-state index contributed by atoms with van der Waals surface area (Å²) in [7, 11) is 0. The lowest BCUT2D eigenvalue weighted by Crippen LogP contribution is -2.72. The normalized spacial score (nSPS) is 15.0. The Bertz CT molecular complexity index is 1270. The summed E-state index contributed by atoms with van der Waals surface area (Å²) < 4.78 is 269. The number of hydrogen-bond acceptors (Lipinski definition) is 3. The molecule has 0 amide bonds. The number of benzene rings is 1. The molecule has 0 atom stereocenters. The third kappa shape index (κ3) is 4.88. The van der Waals surface area contributed by atoms with E-state index in [0.29, 0.717) is 0 Å². The monoisotopic (exact) mass is 666 g/mol. The van der Waals surface area contributed by atoms with Crippen LogP contribution in [0.4, 0.5) is 87.8 Å². The van der Waals surface area contributed by atoms with Crippen molar-refractivity contribution < 1.29 is 112 Å². The van der Waals surface area contributed by atoms with Crippen molar-refractivity contribution in [1.82, 2.24) is 0 Å². The molecule has 1 aromatic rings. The number of halogens is 20. The van der Waals surface area contributed by atoms with E-state index in [1.165, 1.54) is 0 Å². The maximum atomic E-state index is 14.0. The van der Waals surface area contributed by atoms with E-state index in [4.69, 9.17) is 10.2 Å². The molecule has 0 aliphatic carbocycles. The predicted octanol–water partition coefficient (Wildman–Crippen LogP) is 7.36. The summed E-state index contributed by atoms with van der Waals surface area (Å²) in [6, 6.07) is -4.44. The molecule has 2 N–H and O–H groups in total. The quantitative estimate of drug-likeness (QED) is 0.202. The minimum absolute atomic E-state index is 2.69. The van der Waals surface area contributed by atoms with Crippen molar-refractivity contribution >= 4 is 11.9 Å². The summed E-state index contributed by atoms with van der Waals surface area (Å²) in [5.41, 5.74) is -5.37. The van der Waals surface area contributed by atoms with E-state index < -0.39 is 99.8 Å². The fraction of sp³-hybridized carbons (Fsp3) is 0.412. The molecular formula is C17H2F20O5. The first-order chi connectivity index (χ1) is 18.3. The van der Waals surface area contributed by atoms with Gasteiger partial charge in [-0.05, 0) is 0 Å². The number of aromatic carboxylic acids is 2. The predicted molar refractivity (Wildman–Crippen MR) is 85.8 cm³/mol. The van der Waals surface area contributed by atoms with Crippen LogP contribution in [0.1, 0.15) is 20.7 Å². The average molecular weight is 666 g/mol. The van der Waals surface area contributed by atoms with Crippen LogP contribution in [-0.2, 0) is 0 Å². The number of carbonyl (C=O) groups is 2. The van der Waals surface area contributed by atoms with Crippen molar-refractivity contribution in [3.05, 3.63) is 40.4 Å². The summed E-state index contributed by atoms with van der Waals surface area (Å²) in [5, 5.41) is 17.2. The van der Waals surface area contributed by atoms with Gasteiger partial charge in [-0.3, -0.25) is 0 Å². The van der Waals surface area contributed by atoms with E-state index in [0.717, 1.165) is 0 Å². The number of carboxylic acids is 2. The van der Waals surface area contributed by atoms with Crippen LogP contribution >= 0.6 is 0 Å². The van der Waals surface area contributed by atoms with Crippen LogP contribution in [0.25, 0.3) is 0 Å². The maximum absolute atomic E-state index is 14.0. The second kappa shape index (κ2) is 10.2. The molecule has 0 unspecified atom stereocenters. The van der Waals surface area contributed by atoms with E-state index in [1.807, 2.05) is 0 Å². The lowest BCUT2D eigenvalue weighted by molar-refractivity contribution is -0.451. The Hall–Kier alpha value is -3.70. The molecule has 0 saturated heterocycles. The van der Waals surface area contributed by atoms with Crippen molar-refractivity contribution in [2.24, 2.45) is 0 Å². The lowest BCUT2D eigenvalue weighted by atomic mass is 9.91. The number of ether oxygens (including phenoxy) is 1. The highest BCUT2D eigenvalue weighted by atomic mass is 19.4. The highest BCUT2D eigenvalue weighted by Gasteiger charge is 2.93. The molecule has 1 rings (SSSR count). The van der Waals surface area contributed by atoms with Crippen molar-refractivity contribution in [3.8, 4) is 5.75 Å². The first-order valence-corrected chi connectivity index (χ1v) is 9.04. The van der Waals surface area contributed by atoms with Crippen molar-refractivity contribution in [3.63, 3.8) is 0 Å². The second-order valence-corrected chi connectivity index (χ2v) is 7.27. The van der Waals surface area contributed by atoms with Crippen LogP contribution in [0.15, 0.2) is 11.8 Å². The zero-order chi connectivity index (χ0) is 34.0. The van der Waals surface area contributed by atoms with Crippen molar-refractivity contribution in [2.45, 2.75) is 41.7 Å². The Balaban J connectivity index is 3.89. The maximum Gasteiger partial charge on any atom is 0.460 e. The van der Waals surface area contributed by atoms with Gasteiger partial charge in [0.25, 0.3) is 0 Å². The van der Waals surface area contributed by atoms with Crippen LogP contribution in [-0.4, -0.2) is 63.9 Å². The highest BCUT2D eigenvalue weighted by molar-refractivity contribution is 5.95. The third-order valence-corrected chi connectivity index (χ3v) is 4.67. The molecule has 240 valence electrons. The van der Waals surface area contributed by atoms with Gasteiger partial charge in [0.1, 0.15) is 11.1 Å². The van der Waals surface area contributed by atoms with Gasteiger partial charge in [0.2, 0.25) is 11.6 Å². The fourth-order valence-corrected chi connectivity index (χ4v) is 2.47. The van der Waals surface area contributed by atoms with Crippen LogP contribution in [0.2, 0.25) is 0 Å². The van der Waals surface area contributed by atoms with Crippen LogP contribution < -0.4 is 4.74 Å². The third-order valence-electron chi connectivity index (χ3n) is 4.67. The molecule has 1 aromatic carbocycles. The van der Waals surface area contributed by atoms with Gasteiger partial charge in [0.15, 0.2) is 17.5 Å². The molecule has 42 heavy (non-hydrogen) atoms. The number of carboxylic acid groups (broad SMARTS) is 2. The first-order valence-electron chi connectivity index (χ1n) is 9.04. The Kier molecular flexibility index (Phi) is 8.85. The molecule has 0 saturated carbocycles. The smallest absolute Gasteiger partial charge is 0.460 e. The van der Waals surface area contributed by atoms with Gasteiger partial charge in [-0.25, -0.2) is 22.8 Å². The fourth-order valence-electron chi connectivity index (χ4n) is 2.47. The Morgan fingerprint density at radius 3 is 1.14 bits per heavy atom. The molecule has 5 nitrogen and oxygen atoms in total. The van der Waals surface area contributed by atoms with Crippen molar-refractivity contribution in [2.75, 3.05) is 0 Å². The van der Waals surface area contributed by atoms with E-state index in [9.17, 15) is 97.4 Å². The largest absolute Gasteiger partial charge is 0.477 e. The Morgan fingerprint density at radius 2 is 0.833 bits per heavy atom.